The first-order chi connectivity index (χ1) is 10.8. The van der Waals surface area contributed by atoms with Crippen molar-refractivity contribution >= 4 is 11.7 Å². The summed E-state index contributed by atoms with van der Waals surface area (Å²) in [6.45, 7) is 4.56. The zero-order valence-corrected chi connectivity index (χ0v) is 12.9. The topological polar surface area (TPSA) is 59.0 Å². The SMILES string of the molecule is CCc1ccc(CCNC(=O)c2cnn3c2NCCC3)cc1. The quantitative estimate of drug-likeness (QED) is 0.890. The lowest BCUT2D eigenvalue weighted by Gasteiger charge is -2.16. The number of aromatic nitrogens is 2. The molecule has 0 unspecified atom stereocenters. The largest absolute Gasteiger partial charge is 0.370 e. The van der Waals surface area contributed by atoms with Crippen LogP contribution in [0.3, 0.4) is 0 Å². The monoisotopic (exact) mass is 298 g/mol. The molecule has 22 heavy (non-hydrogen) atoms. The van der Waals surface area contributed by atoms with Crippen molar-refractivity contribution in [3.05, 3.63) is 47.2 Å². The van der Waals surface area contributed by atoms with Gasteiger partial charge in [0, 0.05) is 19.6 Å². The van der Waals surface area contributed by atoms with E-state index in [0.29, 0.717) is 12.1 Å². The maximum absolute atomic E-state index is 12.3. The van der Waals surface area contributed by atoms with Gasteiger partial charge >= 0.3 is 0 Å². The summed E-state index contributed by atoms with van der Waals surface area (Å²) in [5.41, 5.74) is 3.22. The number of hydrogen-bond donors (Lipinski definition) is 2. The fourth-order valence-electron chi connectivity index (χ4n) is 2.70. The minimum atomic E-state index is -0.0548. The molecule has 0 aliphatic carbocycles. The van der Waals surface area contributed by atoms with Crippen molar-refractivity contribution in [2.24, 2.45) is 0 Å². The van der Waals surface area contributed by atoms with Crippen LogP contribution in [0.25, 0.3) is 0 Å². The molecule has 2 heterocycles. The van der Waals surface area contributed by atoms with Gasteiger partial charge in [0.25, 0.3) is 5.91 Å². The van der Waals surface area contributed by atoms with Crippen LogP contribution in [0.2, 0.25) is 0 Å². The number of nitrogens with zero attached hydrogens (tertiary/aromatic N) is 2. The fourth-order valence-corrected chi connectivity index (χ4v) is 2.70. The number of anilines is 1. The zero-order valence-electron chi connectivity index (χ0n) is 12.9. The first kappa shape index (κ1) is 14.6. The summed E-state index contributed by atoms with van der Waals surface area (Å²) in [5, 5.41) is 10.5. The maximum Gasteiger partial charge on any atom is 0.256 e. The molecule has 116 valence electrons. The van der Waals surface area contributed by atoms with Gasteiger partial charge in [-0.15, -0.1) is 0 Å². The van der Waals surface area contributed by atoms with Crippen molar-refractivity contribution in [2.75, 3.05) is 18.4 Å². The normalized spacial score (nSPS) is 13.3. The number of benzene rings is 1. The summed E-state index contributed by atoms with van der Waals surface area (Å²) < 4.78 is 1.86. The minimum Gasteiger partial charge on any atom is -0.370 e. The van der Waals surface area contributed by atoms with Gasteiger partial charge in [-0.05, 0) is 30.4 Å². The average molecular weight is 298 g/mol. The van der Waals surface area contributed by atoms with E-state index >= 15 is 0 Å². The van der Waals surface area contributed by atoms with Crippen LogP contribution in [0.1, 0.15) is 34.8 Å². The molecule has 5 nitrogen and oxygen atoms in total. The summed E-state index contributed by atoms with van der Waals surface area (Å²) in [6, 6.07) is 8.56. The molecule has 2 aromatic rings. The Labute approximate surface area is 130 Å². The first-order valence-corrected chi connectivity index (χ1v) is 7.93. The third-order valence-electron chi connectivity index (χ3n) is 4.05. The van der Waals surface area contributed by atoms with Crippen LogP contribution < -0.4 is 10.6 Å². The lowest BCUT2D eigenvalue weighted by atomic mass is 10.1. The number of carbonyl (C=O) groups excluding carboxylic acids is 1. The van der Waals surface area contributed by atoms with Gasteiger partial charge in [-0.3, -0.25) is 4.79 Å². The second-order valence-corrected chi connectivity index (χ2v) is 5.59. The predicted octanol–water partition coefficient (Wildman–Crippen LogP) is 2.23. The van der Waals surface area contributed by atoms with E-state index in [0.717, 1.165) is 38.2 Å². The van der Waals surface area contributed by atoms with E-state index in [1.807, 2.05) is 4.68 Å². The number of nitrogens with one attached hydrogen (secondary N) is 2. The molecule has 0 radical (unpaired) electrons. The molecule has 2 N–H and O–H groups in total. The highest BCUT2D eigenvalue weighted by Gasteiger charge is 2.19. The summed E-state index contributed by atoms with van der Waals surface area (Å²) in [4.78, 5) is 12.3. The van der Waals surface area contributed by atoms with Crippen LogP contribution in [-0.4, -0.2) is 28.8 Å². The Morgan fingerprint density at radius 1 is 1.32 bits per heavy atom. The molecule has 0 fully saturated rings. The third kappa shape index (κ3) is 3.13. The zero-order chi connectivity index (χ0) is 15.4. The van der Waals surface area contributed by atoms with Gasteiger partial charge in [0.05, 0.1) is 6.20 Å². The van der Waals surface area contributed by atoms with Crippen molar-refractivity contribution in [2.45, 2.75) is 32.7 Å². The highest BCUT2D eigenvalue weighted by atomic mass is 16.1. The minimum absolute atomic E-state index is 0.0548. The van der Waals surface area contributed by atoms with Gasteiger partial charge in [-0.2, -0.15) is 5.10 Å². The van der Waals surface area contributed by atoms with Crippen LogP contribution in [0, 0.1) is 0 Å². The summed E-state index contributed by atoms with van der Waals surface area (Å²) >= 11 is 0. The summed E-state index contributed by atoms with van der Waals surface area (Å²) in [6.07, 6.45) is 4.59. The molecule has 0 saturated carbocycles. The third-order valence-corrected chi connectivity index (χ3v) is 4.05. The molecule has 1 aliphatic rings. The molecule has 1 aromatic carbocycles. The molecule has 0 bridgehead atoms. The van der Waals surface area contributed by atoms with E-state index < -0.39 is 0 Å². The Kier molecular flexibility index (Phi) is 4.42. The molecule has 0 saturated heterocycles. The Bertz CT molecular complexity index is 645. The molecule has 1 amide bonds. The Hall–Kier alpha value is -2.30. The highest BCUT2D eigenvalue weighted by molar-refractivity contribution is 5.98. The van der Waals surface area contributed by atoms with E-state index in [1.54, 1.807) is 6.20 Å². The van der Waals surface area contributed by atoms with Crippen LogP contribution in [0.5, 0.6) is 0 Å². The Morgan fingerprint density at radius 2 is 2.09 bits per heavy atom. The summed E-state index contributed by atoms with van der Waals surface area (Å²) in [7, 11) is 0. The first-order valence-electron chi connectivity index (χ1n) is 7.93. The lowest BCUT2D eigenvalue weighted by Crippen LogP contribution is -2.27. The molecular formula is C17H22N4O. The van der Waals surface area contributed by atoms with Crippen molar-refractivity contribution in [1.29, 1.82) is 0 Å². The molecular weight excluding hydrogens is 276 g/mol. The molecule has 5 heteroatoms. The second-order valence-electron chi connectivity index (χ2n) is 5.59. The van der Waals surface area contributed by atoms with E-state index in [4.69, 9.17) is 0 Å². The number of fused-ring (bicyclic) bond motifs is 1. The maximum atomic E-state index is 12.3. The fraction of sp³-hybridized carbons (Fsp3) is 0.412. The van der Waals surface area contributed by atoms with Crippen LogP contribution in [0.15, 0.2) is 30.5 Å². The Morgan fingerprint density at radius 3 is 2.86 bits per heavy atom. The van der Waals surface area contributed by atoms with Crippen molar-refractivity contribution in [1.82, 2.24) is 15.1 Å². The van der Waals surface area contributed by atoms with Gasteiger partial charge in [-0.25, -0.2) is 4.68 Å². The van der Waals surface area contributed by atoms with Crippen LogP contribution >= 0.6 is 0 Å². The molecule has 0 atom stereocenters. The van der Waals surface area contributed by atoms with Crippen LogP contribution in [-0.2, 0) is 19.4 Å². The highest BCUT2D eigenvalue weighted by Crippen LogP contribution is 2.18. The van der Waals surface area contributed by atoms with Gasteiger partial charge in [0.1, 0.15) is 11.4 Å². The standard InChI is InChI=1S/C17H22N4O/c1-2-13-4-6-14(7-5-13)8-10-19-17(22)15-12-20-21-11-3-9-18-16(15)21/h4-7,12,18H,2-3,8-11H2,1H3,(H,19,22). The van der Waals surface area contributed by atoms with Gasteiger partial charge in [0.15, 0.2) is 0 Å². The van der Waals surface area contributed by atoms with Crippen molar-refractivity contribution in [3.8, 4) is 0 Å². The van der Waals surface area contributed by atoms with E-state index in [1.165, 1.54) is 11.1 Å². The summed E-state index contributed by atoms with van der Waals surface area (Å²) in [5.74, 6) is 0.789. The molecule has 0 spiro atoms. The number of amides is 1. The van der Waals surface area contributed by atoms with Crippen LogP contribution in [0.4, 0.5) is 5.82 Å². The smallest absolute Gasteiger partial charge is 0.256 e. The number of hydrogen-bond acceptors (Lipinski definition) is 3. The number of rotatable bonds is 5. The van der Waals surface area contributed by atoms with Gasteiger partial charge in [-0.1, -0.05) is 31.2 Å². The molecule has 1 aromatic heterocycles. The van der Waals surface area contributed by atoms with E-state index in [-0.39, 0.29) is 5.91 Å². The van der Waals surface area contributed by atoms with E-state index in [9.17, 15) is 4.79 Å². The number of aryl methyl sites for hydroxylation is 2. The molecule has 3 rings (SSSR count). The average Bonchev–Trinajstić information content (AvgIpc) is 2.99. The van der Waals surface area contributed by atoms with E-state index in [2.05, 4.69) is 46.9 Å². The number of carbonyl (C=O) groups is 1. The van der Waals surface area contributed by atoms with Gasteiger partial charge in [0.2, 0.25) is 0 Å². The predicted molar refractivity (Wildman–Crippen MR) is 87.2 cm³/mol. The van der Waals surface area contributed by atoms with Crippen molar-refractivity contribution in [3.63, 3.8) is 0 Å². The molecule has 1 aliphatic heterocycles. The second kappa shape index (κ2) is 6.64. The van der Waals surface area contributed by atoms with Crippen molar-refractivity contribution < 1.29 is 4.79 Å². The van der Waals surface area contributed by atoms with Gasteiger partial charge < -0.3 is 10.6 Å². The Balaban J connectivity index is 1.55. The lowest BCUT2D eigenvalue weighted by molar-refractivity contribution is 0.0955.